The molecule has 0 spiro atoms. The zero-order chi connectivity index (χ0) is 12.4. The predicted molar refractivity (Wildman–Crippen MR) is 68.0 cm³/mol. The molecule has 0 N–H and O–H groups in total. The highest BCUT2D eigenvalue weighted by Gasteiger charge is 2.14. The smallest absolute Gasteiger partial charge is 0.249 e. The van der Waals surface area contributed by atoms with Gasteiger partial charge in [0.05, 0.1) is 5.10 Å². The van der Waals surface area contributed by atoms with Gasteiger partial charge in [-0.25, -0.2) is 0 Å². The maximum Gasteiger partial charge on any atom is 0.249 e. The summed E-state index contributed by atoms with van der Waals surface area (Å²) in [5.74, 6) is 0. The molecule has 4 heteroatoms. The first-order valence-corrected chi connectivity index (χ1v) is 5.65. The average Bonchev–Trinajstić information content (AvgIpc) is 2.83. The van der Waals surface area contributed by atoms with Crippen molar-refractivity contribution < 1.29 is 4.85 Å². The number of rotatable bonds is 2. The van der Waals surface area contributed by atoms with E-state index in [2.05, 4.69) is 5.10 Å². The van der Waals surface area contributed by atoms with Gasteiger partial charge in [-0.1, -0.05) is 48.5 Å². The van der Waals surface area contributed by atoms with Gasteiger partial charge in [-0.15, -0.1) is 0 Å². The van der Waals surface area contributed by atoms with Gasteiger partial charge in [-0.2, -0.15) is 4.85 Å². The van der Waals surface area contributed by atoms with Crippen molar-refractivity contribution in [3.8, 4) is 16.9 Å². The van der Waals surface area contributed by atoms with E-state index in [1.165, 1.54) is 11.0 Å². The maximum atomic E-state index is 11.8. The molecule has 3 aromatic rings. The molecule has 1 heterocycles. The summed E-state index contributed by atoms with van der Waals surface area (Å²) in [5, 5.41) is 16.1. The summed E-state index contributed by atoms with van der Waals surface area (Å²) in [6.45, 7) is 0. The predicted octanol–water partition coefficient (Wildman–Crippen LogP) is 2.17. The lowest BCUT2D eigenvalue weighted by Gasteiger charge is -2.00. The Bertz CT molecular complexity index is 647. The molecule has 0 saturated heterocycles. The first-order valence-electron chi connectivity index (χ1n) is 5.65. The van der Waals surface area contributed by atoms with Crippen LogP contribution in [-0.4, -0.2) is 9.90 Å². The van der Waals surface area contributed by atoms with Crippen molar-refractivity contribution in [3.05, 3.63) is 72.1 Å². The van der Waals surface area contributed by atoms with Crippen molar-refractivity contribution in [2.45, 2.75) is 0 Å². The van der Waals surface area contributed by atoms with Crippen molar-refractivity contribution in [3.63, 3.8) is 0 Å². The number of benzene rings is 2. The van der Waals surface area contributed by atoms with Gasteiger partial charge in [-0.05, 0) is 16.9 Å². The highest BCUT2D eigenvalue weighted by atomic mass is 16.5. The molecule has 2 aromatic carbocycles. The van der Waals surface area contributed by atoms with Gasteiger partial charge in [0.15, 0.2) is 6.20 Å². The first kappa shape index (κ1) is 10.5. The second kappa shape index (κ2) is 4.33. The van der Waals surface area contributed by atoms with Crippen LogP contribution in [-0.2, 0) is 0 Å². The minimum absolute atomic E-state index is 0.662. The minimum Gasteiger partial charge on any atom is -0.692 e. The number of nitrogens with zero attached hydrogens (tertiary/aromatic N) is 3. The lowest BCUT2D eigenvalue weighted by Crippen LogP contribution is -2.36. The van der Waals surface area contributed by atoms with Gasteiger partial charge in [0.25, 0.3) is 0 Å². The van der Waals surface area contributed by atoms with E-state index in [0.717, 1.165) is 16.1 Å². The number of para-hydroxylation sites is 1. The lowest BCUT2D eigenvalue weighted by molar-refractivity contribution is -0.688. The quantitative estimate of drug-likeness (QED) is 0.506. The molecule has 0 radical (unpaired) electrons. The van der Waals surface area contributed by atoms with Crippen LogP contribution < -0.4 is 4.85 Å². The van der Waals surface area contributed by atoms with Crippen molar-refractivity contribution in [2.75, 3.05) is 0 Å². The van der Waals surface area contributed by atoms with Crippen LogP contribution in [0.4, 0.5) is 0 Å². The molecule has 0 saturated carbocycles. The van der Waals surface area contributed by atoms with Gasteiger partial charge in [-0.3, -0.25) is 0 Å². The normalized spacial score (nSPS) is 10.4. The molecule has 1 aromatic heterocycles. The minimum atomic E-state index is 0.662. The van der Waals surface area contributed by atoms with Crippen LogP contribution in [0.3, 0.4) is 0 Å². The summed E-state index contributed by atoms with van der Waals surface area (Å²) < 4.78 is 0. The Labute approximate surface area is 104 Å². The Kier molecular flexibility index (Phi) is 2.53. The van der Waals surface area contributed by atoms with E-state index >= 15 is 0 Å². The lowest BCUT2D eigenvalue weighted by atomic mass is 10.2. The summed E-state index contributed by atoms with van der Waals surface area (Å²) in [6, 6.07) is 19.0. The van der Waals surface area contributed by atoms with Gasteiger partial charge in [0, 0.05) is 5.56 Å². The molecule has 0 aliphatic heterocycles. The summed E-state index contributed by atoms with van der Waals surface area (Å²) in [7, 11) is 0. The fourth-order valence-corrected chi connectivity index (χ4v) is 1.81. The SMILES string of the molecule is [O-][n+]1cc(-c2ccccc2)nn1-c1ccccc1. The van der Waals surface area contributed by atoms with E-state index in [0.29, 0.717) is 5.69 Å². The number of aromatic nitrogens is 3. The van der Waals surface area contributed by atoms with Crippen LogP contribution in [0.1, 0.15) is 0 Å². The van der Waals surface area contributed by atoms with Crippen molar-refractivity contribution in [1.82, 2.24) is 9.90 Å². The fraction of sp³-hybridized carbons (Fsp3) is 0. The van der Waals surface area contributed by atoms with Gasteiger partial charge >= 0.3 is 0 Å². The second-order valence-electron chi connectivity index (χ2n) is 3.91. The topological polar surface area (TPSA) is 44.8 Å². The van der Waals surface area contributed by atoms with E-state index in [4.69, 9.17) is 0 Å². The fourth-order valence-electron chi connectivity index (χ4n) is 1.81. The molecule has 18 heavy (non-hydrogen) atoms. The molecule has 88 valence electrons. The highest BCUT2D eigenvalue weighted by Crippen LogP contribution is 2.15. The second-order valence-corrected chi connectivity index (χ2v) is 3.91. The molecule has 0 fully saturated rings. The molecule has 0 amide bonds. The molecule has 3 rings (SSSR count). The molecule has 0 atom stereocenters. The van der Waals surface area contributed by atoms with E-state index in [9.17, 15) is 5.21 Å². The Balaban J connectivity index is 2.07. The van der Waals surface area contributed by atoms with E-state index in [1.54, 1.807) is 0 Å². The Morgan fingerprint density at radius 3 is 2.17 bits per heavy atom. The zero-order valence-electron chi connectivity index (χ0n) is 9.60. The van der Waals surface area contributed by atoms with Crippen LogP contribution in [0.15, 0.2) is 66.9 Å². The molecule has 0 unspecified atom stereocenters. The standard InChI is InChI=1S/C14H11N3O/c18-16-11-14(12-7-3-1-4-8-12)15-17(16)13-9-5-2-6-10-13/h1-11H. The monoisotopic (exact) mass is 237 g/mol. The average molecular weight is 237 g/mol. The number of hydrogen-bond donors (Lipinski definition) is 0. The van der Waals surface area contributed by atoms with Crippen LogP contribution in [0.2, 0.25) is 0 Å². The summed E-state index contributed by atoms with van der Waals surface area (Å²) >= 11 is 0. The molecule has 0 aliphatic carbocycles. The third kappa shape index (κ3) is 1.84. The van der Waals surface area contributed by atoms with Crippen LogP contribution in [0, 0.1) is 5.21 Å². The van der Waals surface area contributed by atoms with Gasteiger partial charge in [0.1, 0.15) is 5.69 Å². The Morgan fingerprint density at radius 1 is 0.889 bits per heavy atom. The number of hydrogen-bond acceptors (Lipinski definition) is 2. The van der Waals surface area contributed by atoms with E-state index in [-0.39, 0.29) is 0 Å². The molecular weight excluding hydrogens is 226 g/mol. The Hall–Kier alpha value is -2.62. The third-order valence-electron chi connectivity index (χ3n) is 2.68. The van der Waals surface area contributed by atoms with Crippen LogP contribution >= 0.6 is 0 Å². The van der Waals surface area contributed by atoms with Crippen molar-refractivity contribution in [1.29, 1.82) is 0 Å². The third-order valence-corrected chi connectivity index (χ3v) is 2.68. The maximum absolute atomic E-state index is 11.8. The van der Waals surface area contributed by atoms with Gasteiger partial charge in [0.2, 0.25) is 5.69 Å². The summed E-state index contributed by atoms with van der Waals surface area (Å²) in [5.41, 5.74) is 2.33. The molecule has 0 aliphatic rings. The molecular formula is C14H11N3O. The first-order chi connectivity index (χ1) is 8.84. The summed E-state index contributed by atoms with van der Waals surface area (Å²) in [6.07, 6.45) is 1.47. The van der Waals surface area contributed by atoms with Crippen LogP contribution in [0.25, 0.3) is 16.9 Å². The van der Waals surface area contributed by atoms with Gasteiger partial charge < -0.3 is 5.21 Å². The van der Waals surface area contributed by atoms with Crippen LogP contribution in [0.5, 0.6) is 0 Å². The highest BCUT2D eigenvalue weighted by molar-refractivity contribution is 5.56. The van der Waals surface area contributed by atoms with E-state index in [1.807, 2.05) is 60.7 Å². The van der Waals surface area contributed by atoms with Crippen molar-refractivity contribution >= 4 is 0 Å². The largest absolute Gasteiger partial charge is 0.692 e. The molecule has 0 bridgehead atoms. The van der Waals surface area contributed by atoms with Crippen molar-refractivity contribution in [2.24, 2.45) is 0 Å². The molecule has 4 nitrogen and oxygen atoms in total. The van der Waals surface area contributed by atoms with E-state index < -0.39 is 0 Å². The Morgan fingerprint density at radius 2 is 1.50 bits per heavy atom. The zero-order valence-corrected chi connectivity index (χ0v) is 9.60. The summed E-state index contributed by atoms with van der Waals surface area (Å²) in [4.78, 5) is 2.07.